The number of nitrogens with zero attached hydrogens (tertiary/aromatic N) is 2. The third-order valence-corrected chi connectivity index (χ3v) is 3.75. The van der Waals surface area contributed by atoms with Crippen molar-refractivity contribution in [3.63, 3.8) is 0 Å². The topological polar surface area (TPSA) is 43.8 Å². The highest BCUT2D eigenvalue weighted by Crippen LogP contribution is 2.43. The minimum absolute atomic E-state index is 0.176. The number of hydrogen-bond donors (Lipinski definition) is 1. The van der Waals surface area contributed by atoms with Crippen molar-refractivity contribution in [2.75, 3.05) is 0 Å². The molecule has 76 valence electrons. The van der Waals surface area contributed by atoms with Crippen LogP contribution in [0.2, 0.25) is 0 Å². The first-order chi connectivity index (χ1) is 6.67. The van der Waals surface area contributed by atoms with E-state index in [1.807, 2.05) is 0 Å². The van der Waals surface area contributed by atoms with E-state index >= 15 is 0 Å². The van der Waals surface area contributed by atoms with Crippen LogP contribution >= 0.6 is 0 Å². The Labute approximate surface area is 84.3 Å². The highest BCUT2D eigenvalue weighted by molar-refractivity contribution is 5.10. The molecule has 1 aliphatic heterocycles. The van der Waals surface area contributed by atoms with Gasteiger partial charge in [-0.2, -0.15) is 0 Å². The molecular weight excluding hydrogens is 174 g/mol. The predicted molar refractivity (Wildman–Crippen MR) is 54.9 cm³/mol. The lowest BCUT2D eigenvalue weighted by molar-refractivity contribution is 0.295. The molecule has 14 heavy (non-hydrogen) atoms. The van der Waals surface area contributed by atoms with E-state index in [1.54, 1.807) is 0 Å². The molecule has 3 rings (SSSR count). The first-order valence-electron chi connectivity index (χ1n) is 5.49. The summed E-state index contributed by atoms with van der Waals surface area (Å²) in [5.74, 6) is 1.94. The second-order valence-corrected chi connectivity index (χ2v) is 4.92. The normalized spacial score (nSPS) is 28.6. The summed E-state index contributed by atoms with van der Waals surface area (Å²) in [5.41, 5.74) is 7.57. The molecule has 1 aromatic heterocycles. The predicted octanol–water partition coefficient (Wildman–Crippen LogP) is 1.25. The Balaban J connectivity index is 1.86. The number of rotatable bonds is 1. The Morgan fingerprint density at radius 1 is 1.57 bits per heavy atom. The van der Waals surface area contributed by atoms with Crippen LogP contribution in [0.4, 0.5) is 0 Å². The molecule has 0 bridgehead atoms. The molecule has 1 saturated carbocycles. The number of nitrogens with two attached hydrogens (primary N) is 1. The molecule has 3 heteroatoms. The molecule has 0 amide bonds. The SMILES string of the molecule is Cc1cn2c(n1)CCC(C1(N)CC1)C2. The van der Waals surface area contributed by atoms with Gasteiger partial charge in [0.05, 0.1) is 5.69 Å². The van der Waals surface area contributed by atoms with Crippen LogP contribution in [0.5, 0.6) is 0 Å². The average molecular weight is 191 g/mol. The van der Waals surface area contributed by atoms with Gasteiger partial charge in [0.1, 0.15) is 5.82 Å². The van der Waals surface area contributed by atoms with Crippen molar-refractivity contribution in [1.82, 2.24) is 9.55 Å². The fourth-order valence-corrected chi connectivity index (χ4v) is 2.61. The minimum atomic E-state index is 0.176. The Morgan fingerprint density at radius 3 is 3.07 bits per heavy atom. The zero-order chi connectivity index (χ0) is 9.76. The van der Waals surface area contributed by atoms with E-state index < -0.39 is 0 Å². The number of fused-ring (bicyclic) bond motifs is 1. The molecule has 3 nitrogen and oxygen atoms in total. The molecule has 1 aromatic rings. The maximum atomic E-state index is 6.25. The van der Waals surface area contributed by atoms with E-state index in [2.05, 4.69) is 22.7 Å². The van der Waals surface area contributed by atoms with Gasteiger partial charge in [0.15, 0.2) is 0 Å². The zero-order valence-electron chi connectivity index (χ0n) is 8.66. The van der Waals surface area contributed by atoms with Crippen molar-refractivity contribution in [3.05, 3.63) is 17.7 Å². The minimum Gasteiger partial charge on any atom is -0.334 e. The number of aryl methyl sites for hydroxylation is 2. The van der Waals surface area contributed by atoms with E-state index in [1.165, 1.54) is 25.1 Å². The molecule has 2 N–H and O–H groups in total. The van der Waals surface area contributed by atoms with E-state index in [0.717, 1.165) is 18.7 Å². The lowest BCUT2D eigenvalue weighted by Crippen LogP contribution is -2.38. The fraction of sp³-hybridized carbons (Fsp3) is 0.727. The van der Waals surface area contributed by atoms with Gasteiger partial charge in [-0.15, -0.1) is 0 Å². The van der Waals surface area contributed by atoms with Gasteiger partial charge in [0, 0.05) is 24.7 Å². The van der Waals surface area contributed by atoms with Crippen LogP contribution in [0.1, 0.15) is 30.8 Å². The summed E-state index contributed by atoms with van der Waals surface area (Å²) in [6, 6.07) is 0. The van der Waals surface area contributed by atoms with Crippen molar-refractivity contribution in [3.8, 4) is 0 Å². The smallest absolute Gasteiger partial charge is 0.108 e. The van der Waals surface area contributed by atoms with Gasteiger partial charge in [-0.3, -0.25) is 0 Å². The number of hydrogen-bond acceptors (Lipinski definition) is 2. The van der Waals surface area contributed by atoms with E-state index in [9.17, 15) is 0 Å². The third-order valence-electron chi connectivity index (χ3n) is 3.75. The van der Waals surface area contributed by atoms with Crippen LogP contribution in [0, 0.1) is 12.8 Å². The lowest BCUT2D eigenvalue weighted by atomic mass is 9.90. The highest BCUT2D eigenvalue weighted by Gasteiger charge is 2.46. The summed E-state index contributed by atoms with van der Waals surface area (Å²) in [5, 5.41) is 0. The first kappa shape index (κ1) is 8.48. The van der Waals surface area contributed by atoms with Crippen LogP contribution < -0.4 is 5.73 Å². The Hall–Kier alpha value is -0.830. The van der Waals surface area contributed by atoms with Gasteiger partial charge in [-0.05, 0) is 32.1 Å². The van der Waals surface area contributed by atoms with Gasteiger partial charge in [-0.25, -0.2) is 4.98 Å². The van der Waals surface area contributed by atoms with Crippen molar-refractivity contribution in [2.45, 2.75) is 44.7 Å². The third kappa shape index (κ3) is 1.19. The number of imidazole rings is 1. The summed E-state index contributed by atoms with van der Waals surface area (Å²) in [7, 11) is 0. The Kier molecular flexibility index (Phi) is 1.57. The quantitative estimate of drug-likeness (QED) is 0.726. The Morgan fingerprint density at radius 2 is 2.36 bits per heavy atom. The summed E-state index contributed by atoms with van der Waals surface area (Å²) in [6.07, 6.45) is 6.94. The van der Waals surface area contributed by atoms with Crippen molar-refractivity contribution in [2.24, 2.45) is 11.7 Å². The van der Waals surface area contributed by atoms with Gasteiger partial charge < -0.3 is 10.3 Å². The zero-order valence-corrected chi connectivity index (χ0v) is 8.66. The maximum absolute atomic E-state index is 6.25. The summed E-state index contributed by atoms with van der Waals surface area (Å²) >= 11 is 0. The monoisotopic (exact) mass is 191 g/mol. The van der Waals surface area contributed by atoms with Crippen LogP contribution in [0.15, 0.2) is 6.20 Å². The molecule has 1 unspecified atom stereocenters. The van der Waals surface area contributed by atoms with E-state index in [4.69, 9.17) is 5.73 Å². The molecular formula is C11H17N3. The number of aromatic nitrogens is 2. The van der Waals surface area contributed by atoms with Crippen LogP contribution in [-0.4, -0.2) is 15.1 Å². The van der Waals surface area contributed by atoms with Gasteiger partial charge >= 0.3 is 0 Å². The summed E-state index contributed by atoms with van der Waals surface area (Å²) < 4.78 is 2.30. The summed E-state index contributed by atoms with van der Waals surface area (Å²) in [6.45, 7) is 3.16. The average Bonchev–Trinajstić information content (AvgIpc) is 2.79. The first-order valence-corrected chi connectivity index (χ1v) is 5.49. The second-order valence-electron chi connectivity index (χ2n) is 4.92. The molecule has 0 radical (unpaired) electrons. The molecule has 1 aliphatic carbocycles. The fourth-order valence-electron chi connectivity index (χ4n) is 2.61. The molecule has 0 spiro atoms. The van der Waals surface area contributed by atoms with Gasteiger partial charge in [0.25, 0.3) is 0 Å². The van der Waals surface area contributed by atoms with E-state index in [-0.39, 0.29) is 5.54 Å². The molecule has 0 aromatic carbocycles. The van der Waals surface area contributed by atoms with Gasteiger partial charge in [-0.1, -0.05) is 0 Å². The highest BCUT2D eigenvalue weighted by atomic mass is 15.1. The standard InChI is InChI=1S/C11H17N3/c1-8-6-14-7-9(11(12)4-5-11)2-3-10(14)13-8/h6,9H,2-5,7,12H2,1H3. The molecule has 0 saturated heterocycles. The summed E-state index contributed by atoms with van der Waals surface area (Å²) in [4.78, 5) is 4.51. The lowest BCUT2D eigenvalue weighted by Gasteiger charge is -2.28. The second kappa shape index (κ2) is 2.60. The van der Waals surface area contributed by atoms with Crippen molar-refractivity contribution in [1.29, 1.82) is 0 Å². The van der Waals surface area contributed by atoms with E-state index in [0.29, 0.717) is 5.92 Å². The van der Waals surface area contributed by atoms with Crippen LogP contribution in [0.25, 0.3) is 0 Å². The van der Waals surface area contributed by atoms with Crippen molar-refractivity contribution < 1.29 is 0 Å². The molecule has 1 atom stereocenters. The van der Waals surface area contributed by atoms with Gasteiger partial charge in [0.2, 0.25) is 0 Å². The molecule has 2 aliphatic rings. The van der Waals surface area contributed by atoms with Crippen molar-refractivity contribution >= 4 is 0 Å². The van der Waals surface area contributed by atoms with Crippen LogP contribution in [0.3, 0.4) is 0 Å². The Bertz CT molecular complexity index is 363. The maximum Gasteiger partial charge on any atom is 0.108 e. The van der Waals surface area contributed by atoms with Crippen LogP contribution in [-0.2, 0) is 13.0 Å². The largest absolute Gasteiger partial charge is 0.334 e. The molecule has 2 heterocycles. The molecule has 1 fully saturated rings.